The van der Waals surface area contributed by atoms with E-state index in [1.165, 1.54) is 20.2 Å². The van der Waals surface area contributed by atoms with Crippen molar-refractivity contribution in [2.24, 2.45) is 0 Å². The number of benzene rings is 5. The lowest BCUT2D eigenvalue weighted by Crippen LogP contribution is -1.95. The van der Waals surface area contributed by atoms with Crippen LogP contribution in [0, 0.1) is 0 Å². The van der Waals surface area contributed by atoms with E-state index in [4.69, 9.17) is 19.4 Å². The summed E-state index contributed by atoms with van der Waals surface area (Å²) in [7, 11) is 0. The molecule has 0 atom stereocenters. The van der Waals surface area contributed by atoms with E-state index >= 15 is 0 Å². The molecule has 0 unspecified atom stereocenters. The van der Waals surface area contributed by atoms with Gasteiger partial charge < -0.3 is 4.42 Å². The highest BCUT2D eigenvalue weighted by Crippen LogP contribution is 2.45. The molecule has 0 N–H and O–H groups in total. The van der Waals surface area contributed by atoms with Crippen LogP contribution in [-0.4, -0.2) is 15.0 Å². The van der Waals surface area contributed by atoms with Gasteiger partial charge in [-0.25, -0.2) is 15.0 Å². The van der Waals surface area contributed by atoms with Crippen molar-refractivity contribution in [3.8, 4) is 33.8 Å². The molecule has 4 nitrogen and oxygen atoms in total. The van der Waals surface area contributed by atoms with Crippen LogP contribution in [0.5, 0.6) is 0 Å². The monoisotopic (exact) mass is 555 g/mol. The number of rotatable bonds is 3. The van der Waals surface area contributed by atoms with E-state index in [2.05, 4.69) is 72.8 Å². The summed E-state index contributed by atoms with van der Waals surface area (Å²) in [5.74, 6) is 0. The summed E-state index contributed by atoms with van der Waals surface area (Å²) >= 11 is 1.79. The zero-order valence-corrected chi connectivity index (χ0v) is 23.1. The third kappa shape index (κ3) is 3.51. The topological polar surface area (TPSA) is 51.8 Å². The number of aromatic nitrogens is 3. The van der Waals surface area contributed by atoms with Crippen LogP contribution < -0.4 is 0 Å². The molecule has 9 rings (SSSR count). The maximum atomic E-state index is 6.31. The fourth-order valence-electron chi connectivity index (χ4n) is 5.95. The van der Waals surface area contributed by atoms with E-state index in [-0.39, 0.29) is 0 Å². The van der Waals surface area contributed by atoms with Crippen LogP contribution in [0.2, 0.25) is 0 Å². The Balaban J connectivity index is 1.27. The molecule has 0 aliphatic heterocycles. The molecule has 0 bridgehead atoms. The summed E-state index contributed by atoms with van der Waals surface area (Å²) in [4.78, 5) is 15.2. The van der Waals surface area contributed by atoms with Crippen molar-refractivity contribution in [3.05, 3.63) is 127 Å². The summed E-state index contributed by atoms with van der Waals surface area (Å²) in [6.07, 6.45) is 0. The van der Waals surface area contributed by atoms with Crippen LogP contribution in [0.15, 0.2) is 132 Å². The molecule has 0 fully saturated rings. The average molecular weight is 556 g/mol. The Kier molecular flexibility index (Phi) is 5.03. The van der Waals surface area contributed by atoms with Crippen molar-refractivity contribution < 1.29 is 4.42 Å². The highest BCUT2D eigenvalue weighted by atomic mass is 32.1. The Morgan fingerprint density at radius 1 is 0.452 bits per heavy atom. The first-order chi connectivity index (χ1) is 20.8. The second-order valence-corrected chi connectivity index (χ2v) is 11.4. The molecule has 0 spiro atoms. The standard InChI is InChI=1S/C37H21N3OS/c1-2-10-22(11-3-1)33-34(39-28-15-7-6-14-27(28)38-33)23-18-20-24(21-19-23)35-36-31(26-13-5-9-17-30(26)42-36)32-25-12-4-8-16-29(25)41-37(32)40-35/h1-21H. The van der Waals surface area contributed by atoms with Gasteiger partial charge in [-0.05, 0) is 24.3 Å². The van der Waals surface area contributed by atoms with E-state index in [0.29, 0.717) is 5.71 Å². The first-order valence-corrected chi connectivity index (χ1v) is 14.7. The number of hydrogen-bond donors (Lipinski definition) is 0. The average Bonchev–Trinajstić information content (AvgIpc) is 3.62. The van der Waals surface area contributed by atoms with Crippen molar-refractivity contribution >= 4 is 64.6 Å². The van der Waals surface area contributed by atoms with Crippen LogP contribution in [0.3, 0.4) is 0 Å². The number of thiophene rings is 1. The van der Waals surface area contributed by atoms with Crippen molar-refractivity contribution in [3.63, 3.8) is 0 Å². The molecule has 0 saturated carbocycles. The van der Waals surface area contributed by atoms with Gasteiger partial charge in [-0.15, -0.1) is 11.3 Å². The Morgan fingerprint density at radius 2 is 1.02 bits per heavy atom. The second kappa shape index (κ2) is 9.06. The van der Waals surface area contributed by atoms with Crippen LogP contribution in [-0.2, 0) is 0 Å². The first kappa shape index (κ1) is 23.3. The zero-order valence-electron chi connectivity index (χ0n) is 22.3. The Morgan fingerprint density at radius 3 is 1.76 bits per heavy atom. The van der Waals surface area contributed by atoms with Crippen LogP contribution >= 0.6 is 11.3 Å². The van der Waals surface area contributed by atoms with Gasteiger partial charge in [-0.2, -0.15) is 0 Å². The van der Waals surface area contributed by atoms with Gasteiger partial charge in [0.2, 0.25) is 5.71 Å². The van der Waals surface area contributed by atoms with Gasteiger partial charge in [0.25, 0.3) is 0 Å². The molecule has 0 aliphatic rings. The minimum Gasteiger partial charge on any atom is -0.438 e. The predicted octanol–water partition coefficient (Wildman–Crippen LogP) is 10.3. The van der Waals surface area contributed by atoms with E-state index in [0.717, 1.165) is 61.2 Å². The van der Waals surface area contributed by atoms with Gasteiger partial charge in [0.05, 0.1) is 38.2 Å². The first-order valence-electron chi connectivity index (χ1n) is 13.9. The number of para-hydroxylation sites is 3. The van der Waals surface area contributed by atoms with Crippen LogP contribution in [0.1, 0.15) is 0 Å². The van der Waals surface area contributed by atoms with Crippen molar-refractivity contribution in [2.75, 3.05) is 0 Å². The minimum absolute atomic E-state index is 0.665. The van der Waals surface area contributed by atoms with Gasteiger partial charge in [0.1, 0.15) is 5.58 Å². The lowest BCUT2D eigenvalue weighted by atomic mass is 10.00. The van der Waals surface area contributed by atoms with E-state index in [9.17, 15) is 0 Å². The molecule has 9 aromatic rings. The van der Waals surface area contributed by atoms with Gasteiger partial charge >= 0.3 is 0 Å². The van der Waals surface area contributed by atoms with E-state index in [1.807, 2.05) is 54.6 Å². The molecule has 4 heterocycles. The molecule has 5 aromatic carbocycles. The summed E-state index contributed by atoms with van der Waals surface area (Å²) < 4.78 is 8.72. The number of nitrogens with zero attached hydrogens (tertiary/aromatic N) is 3. The summed E-state index contributed by atoms with van der Waals surface area (Å²) in [6, 6.07) is 43.6. The Bertz CT molecular complexity index is 2460. The molecule has 196 valence electrons. The molecule has 0 amide bonds. The number of furan rings is 1. The number of hydrogen-bond acceptors (Lipinski definition) is 5. The van der Waals surface area contributed by atoms with Crippen LogP contribution in [0.4, 0.5) is 0 Å². The largest absolute Gasteiger partial charge is 0.438 e. The Labute approximate surface area is 244 Å². The highest BCUT2D eigenvalue weighted by Gasteiger charge is 2.21. The summed E-state index contributed by atoms with van der Waals surface area (Å²) in [5, 5.41) is 4.61. The zero-order chi connectivity index (χ0) is 27.6. The predicted molar refractivity (Wildman–Crippen MR) is 174 cm³/mol. The highest BCUT2D eigenvalue weighted by molar-refractivity contribution is 7.26. The molecule has 0 aliphatic carbocycles. The fraction of sp³-hybridized carbons (Fsp3) is 0. The SMILES string of the molecule is c1ccc(-c2nc3ccccc3nc2-c2ccc(-c3nc4oc5ccccc5c4c4c3sc3ccccc34)cc2)cc1. The molecular formula is C37H21N3OS. The number of fused-ring (bicyclic) bond motifs is 8. The molecule has 0 radical (unpaired) electrons. The molecule has 0 saturated heterocycles. The molecule has 4 aromatic heterocycles. The van der Waals surface area contributed by atoms with Crippen molar-refractivity contribution in [2.45, 2.75) is 0 Å². The minimum atomic E-state index is 0.665. The third-order valence-corrected chi connectivity index (χ3v) is 9.08. The third-order valence-electron chi connectivity index (χ3n) is 7.90. The van der Waals surface area contributed by atoms with Crippen LogP contribution in [0.25, 0.3) is 87.0 Å². The summed E-state index contributed by atoms with van der Waals surface area (Å²) in [5.41, 5.74) is 9.02. The summed E-state index contributed by atoms with van der Waals surface area (Å²) in [6.45, 7) is 0. The molecule has 5 heteroatoms. The Hall–Kier alpha value is -5.39. The van der Waals surface area contributed by atoms with Gasteiger partial charge in [-0.1, -0.05) is 103 Å². The van der Waals surface area contributed by atoms with E-state index in [1.54, 1.807) is 11.3 Å². The van der Waals surface area contributed by atoms with E-state index < -0.39 is 0 Å². The second-order valence-electron chi connectivity index (χ2n) is 10.4. The smallest absolute Gasteiger partial charge is 0.228 e. The normalized spacial score (nSPS) is 11.8. The maximum Gasteiger partial charge on any atom is 0.228 e. The van der Waals surface area contributed by atoms with Gasteiger partial charge in [0.15, 0.2) is 0 Å². The number of pyridine rings is 1. The van der Waals surface area contributed by atoms with Gasteiger partial charge in [-0.3, -0.25) is 0 Å². The molecule has 42 heavy (non-hydrogen) atoms. The van der Waals surface area contributed by atoms with Crippen molar-refractivity contribution in [1.29, 1.82) is 0 Å². The van der Waals surface area contributed by atoms with Gasteiger partial charge in [0, 0.05) is 37.5 Å². The van der Waals surface area contributed by atoms with Crippen molar-refractivity contribution in [1.82, 2.24) is 15.0 Å². The molecular weight excluding hydrogens is 534 g/mol. The fourth-order valence-corrected chi connectivity index (χ4v) is 7.17. The maximum absolute atomic E-state index is 6.31. The quantitative estimate of drug-likeness (QED) is 0.218. The lowest BCUT2D eigenvalue weighted by Gasteiger charge is -2.11. The lowest BCUT2D eigenvalue weighted by molar-refractivity contribution is 0.655.